The number of amides is 1. The minimum atomic E-state index is -1.24. The number of esters is 1. The van der Waals surface area contributed by atoms with E-state index in [1.807, 2.05) is 0 Å². The number of nitrogen functional groups attached to an aromatic ring is 1. The van der Waals surface area contributed by atoms with Crippen LogP contribution in [0.1, 0.15) is 17.3 Å². The topological polar surface area (TPSA) is 134 Å². The van der Waals surface area contributed by atoms with Crippen LogP contribution in [0.4, 0.5) is 17.1 Å². The van der Waals surface area contributed by atoms with Crippen molar-refractivity contribution in [2.24, 2.45) is 0 Å². The first kappa shape index (κ1) is 20.0. The summed E-state index contributed by atoms with van der Waals surface area (Å²) in [7, 11) is 1.34. The Kier molecular flexibility index (Phi) is 6.19. The average molecular weight is 394 g/mol. The molecule has 0 aliphatic carbocycles. The van der Waals surface area contributed by atoms with E-state index in [0.29, 0.717) is 0 Å². The van der Waals surface area contributed by atoms with E-state index < -0.39 is 22.9 Å². The first-order valence-electron chi connectivity index (χ1n) is 7.62. The number of nitro benzene ring substituents is 1. The summed E-state index contributed by atoms with van der Waals surface area (Å²) in [6.07, 6.45) is -1.24. The summed E-state index contributed by atoms with van der Waals surface area (Å²) < 4.78 is 10.2. The lowest BCUT2D eigenvalue weighted by Gasteiger charge is -2.15. The second-order valence-corrected chi connectivity index (χ2v) is 5.79. The smallest absolute Gasteiger partial charge is 0.342 e. The Morgan fingerprint density at radius 1 is 1.30 bits per heavy atom. The van der Waals surface area contributed by atoms with Crippen LogP contribution < -0.4 is 15.8 Å². The van der Waals surface area contributed by atoms with Crippen molar-refractivity contribution in [1.29, 1.82) is 0 Å². The summed E-state index contributed by atoms with van der Waals surface area (Å²) in [4.78, 5) is 34.9. The highest BCUT2D eigenvalue weighted by molar-refractivity contribution is 6.33. The number of halogens is 1. The number of para-hydroxylation sites is 2. The Morgan fingerprint density at radius 2 is 1.96 bits per heavy atom. The van der Waals surface area contributed by atoms with Crippen LogP contribution in [0.15, 0.2) is 36.4 Å². The number of benzene rings is 2. The Bertz CT molecular complexity index is 902. The van der Waals surface area contributed by atoms with E-state index in [1.165, 1.54) is 50.4 Å². The maximum absolute atomic E-state index is 12.3. The van der Waals surface area contributed by atoms with Crippen molar-refractivity contribution in [3.05, 3.63) is 57.1 Å². The number of ether oxygens (including phenoxy) is 2. The monoisotopic (exact) mass is 393 g/mol. The van der Waals surface area contributed by atoms with Crippen molar-refractivity contribution in [3.63, 3.8) is 0 Å². The number of nitrogens with zero attached hydrogens (tertiary/aromatic N) is 1. The van der Waals surface area contributed by atoms with E-state index in [9.17, 15) is 19.7 Å². The summed E-state index contributed by atoms with van der Waals surface area (Å²) in [5.74, 6) is -1.47. The minimum Gasteiger partial charge on any atom is -0.496 e. The van der Waals surface area contributed by atoms with Crippen LogP contribution in [0.2, 0.25) is 5.02 Å². The molecule has 0 bridgehead atoms. The highest BCUT2D eigenvalue weighted by atomic mass is 35.5. The molecule has 1 amide bonds. The van der Waals surface area contributed by atoms with Crippen molar-refractivity contribution in [3.8, 4) is 5.75 Å². The SMILES string of the molecule is COc1cc(N)c(Cl)cc1C(=O)OC(C)C(=O)Nc1ccccc1[N+](=O)[O-]. The molecule has 0 spiro atoms. The number of carbonyl (C=O) groups excluding carboxylic acids is 2. The molecule has 2 aromatic carbocycles. The number of nitro groups is 1. The molecule has 2 rings (SSSR count). The zero-order chi connectivity index (χ0) is 20.1. The van der Waals surface area contributed by atoms with E-state index in [1.54, 1.807) is 0 Å². The van der Waals surface area contributed by atoms with Crippen LogP contribution >= 0.6 is 11.6 Å². The number of anilines is 2. The van der Waals surface area contributed by atoms with Gasteiger partial charge in [0, 0.05) is 12.1 Å². The zero-order valence-corrected chi connectivity index (χ0v) is 15.1. The van der Waals surface area contributed by atoms with Gasteiger partial charge >= 0.3 is 5.97 Å². The van der Waals surface area contributed by atoms with Crippen LogP contribution in [0.5, 0.6) is 5.75 Å². The second kappa shape index (κ2) is 8.37. The highest BCUT2D eigenvalue weighted by Crippen LogP contribution is 2.29. The van der Waals surface area contributed by atoms with Gasteiger partial charge < -0.3 is 20.5 Å². The predicted molar refractivity (Wildman–Crippen MR) is 99.0 cm³/mol. The molecule has 0 fully saturated rings. The third kappa shape index (κ3) is 4.64. The molecule has 0 aliphatic rings. The Balaban J connectivity index is 2.14. The lowest BCUT2D eigenvalue weighted by molar-refractivity contribution is -0.383. The van der Waals surface area contributed by atoms with Crippen molar-refractivity contribution < 1.29 is 24.0 Å². The summed E-state index contributed by atoms with van der Waals surface area (Å²) in [6.45, 7) is 1.33. The first-order valence-corrected chi connectivity index (χ1v) is 8.00. The standard InChI is InChI=1S/C17H16ClN3O6/c1-9(16(22)20-13-5-3-4-6-14(13)21(24)25)27-17(23)10-7-11(18)12(19)8-15(10)26-2/h3-9H,19H2,1-2H3,(H,20,22). The minimum absolute atomic E-state index is 0.0106. The lowest BCUT2D eigenvalue weighted by Crippen LogP contribution is -2.30. The molecule has 27 heavy (non-hydrogen) atoms. The molecule has 0 saturated carbocycles. The van der Waals surface area contributed by atoms with E-state index in [0.717, 1.165) is 0 Å². The van der Waals surface area contributed by atoms with E-state index in [4.69, 9.17) is 26.8 Å². The number of methoxy groups -OCH3 is 1. The largest absolute Gasteiger partial charge is 0.496 e. The first-order chi connectivity index (χ1) is 12.7. The molecule has 1 unspecified atom stereocenters. The Hall–Kier alpha value is -3.33. The molecule has 0 aliphatic heterocycles. The number of hydrogen-bond acceptors (Lipinski definition) is 7. The maximum Gasteiger partial charge on any atom is 0.342 e. The molecule has 9 nitrogen and oxygen atoms in total. The lowest BCUT2D eigenvalue weighted by atomic mass is 10.2. The summed E-state index contributed by atoms with van der Waals surface area (Å²) in [5.41, 5.74) is 5.57. The molecule has 0 saturated heterocycles. The number of nitrogens with two attached hydrogens (primary N) is 1. The van der Waals surface area contributed by atoms with Gasteiger partial charge in [0.1, 0.15) is 17.0 Å². The average Bonchev–Trinajstić information content (AvgIpc) is 2.63. The number of carbonyl (C=O) groups is 2. The van der Waals surface area contributed by atoms with Crippen LogP contribution in [-0.4, -0.2) is 30.0 Å². The molecular formula is C17H16ClN3O6. The summed E-state index contributed by atoms with van der Waals surface area (Å²) in [6, 6.07) is 8.23. The predicted octanol–water partition coefficient (Wildman–Crippen LogP) is 3.02. The quantitative estimate of drug-likeness (QED) is 0.333. The molecule has 1 atom stereocenters. The maximum atomic E-state index is 12.3. The molecule has 0 heterocycles. The number of rotatable bonds is 6. The Labute approximate surface area is 159 Å². The van der Waals surface area contributed by atoms with Gasteiger partial charge in [-0.25, -0.2) is 4.79 Å². The Morgan fingerprint density at radius 3 is 2.59 bits per heavy atom. The normalized spacial score (nSPS) is 11.4. The van der Waals surface area contributed by atoms with Crippen molar-refractivity contribution >= 4 is 40.5 Å². The molecule has 0 radical (unpaired) electrons. The molecular weight excluding hydrogens is 378 g/mol. The van der Waals surface area contributed by atoms with Crippen LogP contribution in [-0.2, 0) is 9.53 Å². The van der Waals surface area contributed by atoms with E-state index >= 15 is 0 Å². The van der Waals surface area contributed by atoms with Gasteiger partial charge in [0.15, 0.2) is 6.10 Å². The van der Waals surface area contributed by atoms with E-state index in [-0.39, 0.29) is 33.4 Å². The van der Waals surface area contributed by atoms with Gasteiger partial charge in [-0.05, 0) is 19.1 Å². The second-order valence-electron chi connectivity index (χ2n) is 5.39. The van der Waals surface area contributed by atoms with Crippen molar-refractivity contribution in [1.82, 2.24) is 0 Å². The fourth-order valence-corrected chi connectivity index (χ4v) is 2.31. The fraction of sp³-hybridized carbons (Fsp3) is 0.176. The van der Waals surface area contributed by atoms with Gasteiger partial charge in [-0.1, -0.05) is 23.7 Å². The van der Waals surface area contributed by atoms with Crippen molar-refractivity contribution in [2.45, 2.75) is 13.0 Å². The van der Waals surface area contributed by atoms with Gasteiger partial charge in [0.05, 0.1) is 22.7 Å². The third-order valence-electron chi connectivity index (χ3n) is 3.55. The fourth-order valence-electron chi connectivity index (χ4n) is 2.15. The van der Waals surface area contributed by atoms with Crippen LogP contribution in [0, 0.1) is 10.1 Å². The van der Waals surface area contributed by atoms with Gasteiger partial charge in [-0.15, -0.1) is 0 Å². The van der Waals surface area contributed by atoms with Crippen LogP contribution in [0.3, 0.4) is 0 Å². The third-order valence-corrected chi connectivity index (χ3v) is 3.88. The molecule has 10 heteroatoms. The zero-order valence-electron chi connectivity index (χ0n) is 14.4. The van der Waals surface area contributed by atoms with Gasteiger partial charge in [-0.2, -0.15) is 0 Å². The molecule has 0 aromatic heterocycles. The molecule has 3 N–H and O–H groups in total. The highest BCUT2D eigenvalue weighted by Gasteiger charge is 2.24. The summed E-state index contributed by atoms with van der Waals surface area (Å²) in [5, 5.41) is 13.5. The van der Waals surface area contributed by atoms with Crippen LogP contribution in [0.25, 0.3) is 0 Å². The van der Waals surface area contributed by atoms with Gasteiger partial charge in [0.25, 0.3) is 11.6 Å². The number of hydrogen-bond donors (Lipinski definition) is 2. The van der Waals surface area contributed by atoms with E-state index in [2.05, 4.69) is 5.32 Å². The molecule has 142 valence electrons. The van der Waals surface area contributed by atoms with Gasteiger partial charge in [-0.3, -0.25) is 14.9 Å². The van der Waals surface area contributed by atoms with Gasteiger partial charge in [0.2, 0.25) is 0 Å². The molecule has 2 aromatic rings. The summed E-state index contributed by atoms with van der Waals surface area (Å²) >= 11 is 5.91. The number of nitrogens with one attached hydrogen (secondary N) is 1. The van der Waals surface area contributed by atoms with Crippen molar-refractivity contribution in [2.75, 3.05) is 18.2 Å².